The lowest BCUT2D eigenvalue weighted by Gasteiger charge is -2.12. The molecule has 0 fully saturated rings. The Morgan fingerprint density at radius 1 is 1.00 bits per heavy atom. The van der Waals surface area contributed by atoms with Crippen LogP contribution < -0.4 is 9.47 Å². The fraction of sp³-hybridized carbons (Fsp3) is 0.136. The van der Waals surface area contributed by atoms with Crippen LogP contribution >= 0.6 is 15.9 Å². The van der Waals surface area contributed by atoms with Gasteiger partial charge < -0.3 is 14.5 Å². The van der Waals surface area contributed by atoms with E-state index in [9.17, 15) is 17.6 Å². The molecule has 0 saturated carbocycles. The van der Waals surface area contributed by atoms with Gasteiger partial charge in [-0.15, -0.1) is 0 Å². The number of hydrogen-bond acceptors (Lipinski definition) is 5. The highest BCUT2D eigenvalue weighted by Crippen LogP contribution is 2.34. The highest BCUT2D eigenvalue weighted by atomic mass is 79.9. The van der Waals surface area contributed by atoms with Crippen molar-refractivity contribution in [1.29, 1.82) is 0 Å². The molecular weight excluding hydrogens is 508 g/mol. The Hall–Kier alpha value is -3.47. The first-order valence-corrected chi connectivity index (χ1v) is 10.2. The van der Waals surface area contributed by atoms with Crippen LogP contribution in [0.5, 0.6) is 11.5 Å². The van der Waals surface area contributed by atoms with Gasteiger partial charge in [0, 0.05) is 29.6 Å². The molecule has 0 bridgehead atoms. The molecule has 1 aromatic carbocycles. The zero-order valence-corrected chi connectivity index (χ0v) is 18.5. The van der Waals surface area contributed by atoms with Gasteiger partial charge in [0.05, 0.1) is 24.6 Å². The second kappa shape index (κ2) is 9.18. The maximum Gasteiger partial charge on any atom is 0.417 e. The van der Waals surface area contributed by atoms with Crippen molar-refractivity contribution >= 4 is 15.9 Å². The SMILES string of the molecule is COc1cc(OCc2ncc(C(F)(F)F)cc2F)ccc1-c1cnc(-c2ccc(Br)nc2)[nH]1. The van der Waals surface area contributed by atoms with Crippen molar-refractivity contribution in [2.24, 2.45) is 0 Å². The number of aromatic nitrogens is 4. The van der Waals surface area contributed by atoms with Gasteiger partial charge in [0.1, 0.15) is 40.0 Å². The van der Waals surface area contributed by atoms with Crippen molar-refractivity contribution in [2.45, 2.75) is 12.8 Å². The molecule has 0 aliphatic carbocycles. The Labute approximate surface area is 193 Å². The molecule has 0 amide bonds. The number of nitrogens with zero attached hydrogens (tertiary/aromatic N) is 3. The number of nitrogens with one attached hydrogen (secondary N) is 1. The van der Waals surface area contributed by atoms with Gasteiger partial charge in [0.25, 0.3) is 0 Å². The number of ether oxygens (including phenoxy) is 2. The van der Waals surface area contributed by atoms with Gasteiger partial charge in [-0.1, -0.05) is 0 Å². The molecule has 0 unspecified atom stereocenters. The lowest BCUT2D eigenvalue weighted by Crippen LogP contribution is -2.09. The van der Waals surface area contributed by atoms with Crippen LogP contribution in [0.15, 0.2) is 59.6 Å². The Morgan fingerprint density at radius 3 is 2.48 bits per heavy atom. The van der Waals surface area contributed by atoms with E-state index in [1.54, 1.807) is 36.7 Å². The molecule has 0 aliphatic heterocycles. The van der Waals surface area contributed by atoms with E-state index in [1.807, 2.05) is 6.07 Å². The van der Waals surface area contributed by atoms with Crippen LogP contribution in [0.25, 0.3) is 22.6 Å². The predicted molar refractivity (Wildman–Crippen MR) is 115 cm³/mol. The third kappa shape index (κ3) is 5.14. The summed E-state index contributed by atoms with van der Waals surface area (Å²) >= 11 is 3.29. The van der Waals surface area contributed by atoms with Crippen LogP contribution in [0.3, 0.4) is 0 Å². The second-order valence-corrected chi connectivity index (χ2v) is 7.63. The van der Waals surface area contributed by atoms with Crippen molar-refractivity contribution in [3.05, 3.63) is 76.7 Å². The highest BCUT2D eigenvalue weighted by molar-refractivity contribution is 9.10. The Morgan fingerprint density at radius 2 is 1.82 bits per heavy atom. The molecule has 3 heterocycles. The lowest BCUT2D eigenvalue weighted by atomic mass is 10.1. The van der Waals surface area contributed by atoms with E-state index in [4.69, 9.17) is 9.47 Å². The van der Waals surface area contributed by atoms with Crippen LogP contribution in [-0.2, 0) is 12.8 Å². The molecule has 170 valence electrons. The number of benzene rings is 1. The van der Waals surface area contributed by atoms with Gasteiger partial charge in [-0.05, 0) is 46.3 Å². The average molecular weight is 523 g/mol. The van der Waals surface area contributed by atoms with Gasteiger partial charge in [-0.25, -0.2) is 14.4 Å². The van der Waals surface area contributed by atoms with Crippen LogP contribution in [0.1, 0.15) is 11.3 Å². The zero-order valence-electron chi connectivity index (χ0n) is 17.0. The molecule has 0 spiro atoms. The predicted octanol–water partition coefficient (Wildman–Crippen LogP) is 6.04. The molecule has 33 heavy (non-hydrogen) atoms. The van der Waals surface area contributed by atoms with Crippen molar-refractivity contribution in [1.82, 2.24) is 19.9 Å². The van der Waals surface area contributed by atoms with Crippen molar-refractivity contribution in [3.63, 3.8) is 0 Å². The van der Waals surface area contributed by atoms with Crippen LogP contribution in [0.4, 0.5) is 17.6 Å². The van der Waals surface area contributed by atoms with Gasteiger partial charge in [-0.3, -0.25) is 4.98 Å². The first-order chi connectivity index (χ1) is 15.7. The third-order valence-electron chi connectivity index (χ3n) is 4.66. The van der Waals surface area contributed by atoms with Gasteiger partial charge in [0.2, 0.25) is 0 Å². The normalized spacial score (nSPS) is 11.5. The minimum absolute atomic E-state index is 0.243. The largest absolute Gasteiger partial charge is 0.496 e. The molecule has 0 atom stereocenters. The van der Waals surface area contributed by atoms with E-state index >= 15 is 0 Å². The summed E-state index contributed by atoms with van der Waals surface area (Å²) in [7, 11) is 1.48. The number of halogens is 5. The summed E-state index contributed by atoms with van der Waals surface area (Å²) in [5.41, 5.74) is 0.786. The minimum atomic E-state index is -4.67. The average Bonchev–Trinajstić information content (AvgIpc) is 3.28. The van der Waals surface area contributed by atoms with E-state index in [0.29, 0.717) is 45.4 Å². The van der Waals surface area contributed by atoms with Crippen molar-refractivity contribution in [3.8, 4) is 34.1 Å². The van der Waals surface area contributed by atoms with Crippen molar-refractivity contribution < 1.29 is 27.0 Å². The number of methoxy groups -OCH3 is 1. The smallest absolute Gasteiger partial charge is 0.417 e. The molecule has 1 N–H and O–H groups in total. The molecule has 6 nitrogen and oxygen atoms in total. The summed E-state index contributed by atoms with van der Waals surface area (Å²) in [4.78, 5) is 15.3. The van der Waals surface area contributed by atoms with E-state index in [-0.39, 0.29) is 12.3 Å². The number of alkyl halides is 3. The fourth-order valence-electron chi connectivity index (χ4n) is 2.98. The fourth-order valence-corrected chi connectivity index (χ4v) is 3.22. The first kappa shape index (κ1) is 22.7. The first-order valence-electron chi connectivity index (χ1n) is 9.44. The molecule has 0 saturated heterocycles. The maximum absolute atomic E-state index is 14.0. The summed E-state index contributed by atoms with van der Waals surface area (Å²) < 4.78 is 63.6. The van der Waals surface area contributed by atoms with Crippen LogP contribution in [0.2, 0.25) is 0 Å². The van der Waals surface area contributed by atoms with Crippen LogP contribution in [0, 0.1) is 5.82 Å². The molecule has 0 aliphatic rings. The number of rotatable bonds is 6. The Balaban J connectivity index is 1.51. The number of H-pyrrole nitrogens is 1. The number of aromatic amines is 1. The lowest BCUT2D eigenvalue weighted by molar-refractivity contribution is -0.138. The summed E-state index contributed by atoms with van der Waals surface area (Å²) in [5, 5.41) is 0. The summed E-state index contributed by atoms with van der Waals surface area (Å²) in [6.07, 6.45) is -0.772. The quantitative estimate of drug-likeness (QED) is 0.247. The van der Waals surface area contributed by atoms with Crippen molar-refractivity contribution in [2.75, 3.05) is 7.11 Å². The Bertz CT molecular complexity index is 1280. The Kier molecular flexibility index (Phi) is 6.32. The topological polar surface area (TPSA) is 72.9 Å². The van der Waals surface area contributed by atoms with Gasteiger partial charge in [-0.2, -0.15) is 13.2 Å². The summed E-state index contributed by atoms with van der Waals surface area (Å²) in [6, 6.07) is 9.00. The molecule has 4 aromatic rings. The molecule has 0 radical (unpaired) electrons. The molecule has 11 heteroatoms. The second-order valence-electron chi connectivity index (χ2n) is 6.82. The minimum Gasteiger partial charge on any atom is -0.496 e. The van der Waals surface area contributed by atoms with E-state index in [0.717, 1.165) is 5.56 Å². The number of pyridine rings is 2. The van der Waals surface area contributed by atoms with Gasteiger partial charge >= 0.3 is 6.18 Å². The van der Waals surface area contributed by atoms with E-state index < -0.39 is 17.6 Å². The summed E-state index contributed by atoms with van der Waals surface area (Å²) in [5.74, 6) is 0.308. The van der Waals surface area contributed by atoms with Crippen LogP contribution in [-0.4, -0.2) is 27.0 Å². The van der Waals surface area contributed by atoms with E-state index in [1.165, 1.54) is 7.11 Å². The molecular formula is C22H15BrF4N4O2. The maximum atomic E-state index is 14.0. The zero-order chi connectivity index (χ0) is 23.6. The van der Waals surface area contributed by atoms with E-state index in [2.05, 4.69) is 35.9 Å². The number of hydrogen-bond donors (Lipinski definition) is 1. The summed E-state index contributed by atoms with van der Waals surface area (Å²) in [6.45, 7) is -0.350. The molecule has 4 rings (SSSR count). The highest BCUT2D eigenvalue weighted by Gasteiger charge is 2.31. The van der Waals surface area contributed by atoms with Gasteiger partial charge in [0.15, 0.2) is 0 Å². The monoisotopic (exact) mass is 522 g/mol. The molecule has 3 aromatic heterocycles. The standard InChI is InChI=1S/C22H15BrF4N4O2/c1-32-19-7-14(33-11-18-16(24)6-13(9-28-18)22(25,26)27)3-4-15(19)17-10-30-21(31-17)12-2-5-20(23)29-8-12/h2-10H,11H2,1H3,(H,30,31). The third-order valence-corrected chi connectivity index (χ3v) is 5.13. The number of imidazole rings is 1.